The molecule has 9 heteroatoms. The van der Waals surface area contributed by atoms with E-state index in [9.17, 15) is 19.7 Å². The van der Waals surface area contributed by atoms with Crippen LogP contribution in [0.1, 0.15) is 13.8 Å². The highest BCUT2D eigenvalue weighted by Crippen LogP contribution is 2.26. The fourth-order valence-electron chi connectivity index (χ4n) is 1.55. The Labute approximate surface area is 146 Å². The zero-order chi connectivity index (χ0) is 17.4. The fraction of sp³-hybridized carbons (Fsp3) is 0.357. The van der Waals surface area contributed by atoms with Gasteiger partial charge in [0.2, 0.25) is 0 Å². The molecule has 0 aliphatic heterocycles. The van der Waals surface area contributed by atoms with Crippen LogP contribution in [0.25, 0.3) is 0 Å². The molecule has 0 aliphatic carbocycles. The minimum absolute atomic E-state index is 0.0688. The maximum Gasteiger partial charge on any atom is 0.325 e. The third-order valence-electron chi connectivity index (χ3n) is 2.59. The van der Waals surface area contributed by atoms with Gasteiger partial charge in [0, 0.05) is 21.9 Å². The maximum absolute atomic E-state index is 11.8. The van der Waals surface area contributed by atoms with Gasteiger partial charge in [-0.2, -0.15) is 0 Å². The average molecular weight is 434 g/mol. The first-order valence-corrected chi connectivity index (χ1v) is 7.80. The topological polar surface area (TPSA) is 108 Å². The second-order valence-electron chi connectivity index (χ2n) is 4.15. The van der Waals surface area contributed by atoms with E-state index in [4.69, 9.17) is 9.47 Å². The number of aliphatic imine (C=N–C) groups is 1. The highest BCUT2D eigenvalue weighted by molar-refractivity contribution is 14.1. The van der Waals surface area contributed by atoms with Crippen molar-refractivity contribution in [1.29, 1.82) is 0 Å². The Hall–Kier alpha value is -2.04. The van der Waals surface area contributed by atoms with Crippen molar-refractivity contribution in [2.75, 3.05) is 13.2 Å². The molecule has 0 saturated heterocycles. The van der Waals surface area contributed by atoms with Crippen LogP contribution < -0.4 is 0 Å². The van der Waals surface area contributed by atoms with Crippen LogP contribution in [0.5, 0.6) is 0 Å². The molecule has 1 aromatic rings. The van der Waals surface area contributed by atoms with E-state index in [1.807, 2.05) is 22.6 Å². The Morgan fingerprint density at radius 1 is 1.30 bits per heavy atom. The number of esters is 2. The zero-order valence-electron chi connectivity index (χ0n) is 12.5. The molecular formula is C14H15IN2O6. The minimum atomic E-state index is -1.28. The molecule has 1 aromatic carbocycles. The van der Waals surface area contributed by atoms with Crippen LogP contribution in [0.15, 0.2) is 23.2 Å². The van der Waals surface area contributed by atoms with E-state index in [-0.39, 0.29) is 18.9 Å². The van der Waals surface area contributed by atoms with Crippen LogP contribution in [-0.4, -0.2) is 36.3 Å². The summed E-state index contributed by atoms with van der Waals surface area (Å²) in [6.45, 7) is 3.49. The van der Waals surface area contributed by atoms with E-state index < -0.39 is 22.8 Å². The molecule has 0 bridgehead atoms. The molecule has 0 aromatic heterocycles. The van der Waals surface area contributed by atoms with Gasteiger partial charge < -0.3 is 9.47 Å². The molecular weight excluding hydrogens is 419 g/mol. The first-order chi connectivity index (χ1) is 10.9. The van der Waals surface area contributed by atoms with Crippen molar-refractivity contribution in [2.45, 2.75) is 13.8 Å². The molecule has 0 heterocycles. The molecule has 1 rings (SSSR count). The van der Waals surface area contributed by atoms with E-state index in [1.165, 1.54) is 18.2 Å². The van der Waals surface area contributed by atoms with Crippen LogP contribution in [0, 0.1) is 19.6 Å². The summed E-state index contributed by atoms with van der Waals surface area (Å²) >= 11 is 1.88. The van der Waals surface area contributed by atoms with Crippen molar-refractivity contribution < 1.29 is 24.0 Å². The number of benzene rings is 1. The summed E-state index contributed by atoms with van der Waals surface area (Å²) in [5.74, 6) is -2.79. The van der Waals surface area contributed by atoms with Crippen molar-refractivity contribution in [3.63, 3.8) is 0 Å². The zero-order valence-corrected chi connectivity index (χ0v) is 14.7. The number of ether oxygens (including phenoxy) is 2. The number of carbonyl (C=O) groups excluding carboxylic acids is 2. The van der Waals surface area contributed by atoms with Crippen molar-refractivity contribution in [2.24, 2.45) is 10.9 Å². The van der Waals surface area contributed by atoms with Gasteiger partial charge in [-0.3, -0.25) is 24.7 Å². The van der Waals surface area contributed by atoms with E-state index in [2.05, 4.69) is 4.99 Å². The van der Waals surface area contributed by atoms with Gasteiger partial charge in [-0.25, -0.2) is 0 Å². The Bertz CT molecular complexity index is 614. The van der Waals surface area contributed by atoms with Crippen molar-refractivity contribution in [3.05, 3.63) is 31.9 Å². The van der Waals surface area contributed by atoms with Crippen molar-refractivity contribution >= 4 is 52.1 Å². The lowest BCUT2D eigenvalue weighted by molar-refractivity contribution is -0.384. The predicted octanol–water partition coefficient (Wildman–Crippen LogP) is 2.64. The molecule has 0 aliphatic rings. The Morgan fingerprint density at radius 2 is 1.87 bits per heavy atom. The van der Waals surface area contributed by atoms with Crippen LogP contribution in [-0.2, 0) is 19.1 Å². The van der Waals surface area contributed by atoms with Crippen LogP contribution in [0.2, 0.25) is 0 Å². The third-order valence-corrected chi connectivity index (χ3v) is 3.45. The largest absolute Gasteiger partial charge is 0.465 e. The van der Waals surface area contributed by atoms with Crippen LogP contribution >= 0.6 is 22.6 Å². The van der Waals surface area contributed by atoms with Crippen LogP contribution in [0.4, 0.5) is 11.4 Å². The standard InChI is InChI=1S/C14H15IN2O6/c1-3-22-13(18)10(14(19)23-4-2)8-16-12-6-5-9(17(20)21)7-11(12)15/h5-8,10H,3-4H2,1-2H3. The van der Waals surface area contributed by atoms with Gasteiger partial charge in [0.25, 0.3) is 5.69 Å². The molecule has 0 saturated carbocycles. The molecule has 0 amide bonds. The minimum Gasteiger partial charge on any atom is -0.465 e. The number of non-ortho nitro benzene ring substituents is 1. The molecule has 124 valence electrons. The average Bonchev–Trinajstić information content (AvgIpc) is 2.49. The predicted molar refractivity (Wildman–Crippen MR) is 90.7 cm³/mol. The molecule has 0 atom stereocenters. The second-order valence-corrected chi connectivity index (χ2v) is 5.31. The summed E-state index contributed by atoms with van der Waals surface area (Å²) in [4.78, 5) is 37.8. The third kappa shape index (κ3) is 5.58. The normalized spacial score (nSPS) is 10.8. The monoisotopic (exact) mass is 434 g/mol. The molecule has 8 nitrogen and oxygen atoms in total. The van der Waals surface area contributed by atoms with Gasteiger partial charge >= 0.3 is 11.9 Å². The molecule has 0 fully saturated rings. The SMILES string of the molecule is CCOC(=O)C(C=Nc1ccc([N+](=O)[O-])cc1I)C(=O)OCC. The van der Waals surface area contributed by atoms with E-state index >= 15 is 0 Å². The second kappa shape index (κ2) is 9.18. The van der Waals surface area contributed by atoms with E-state index in [0.29, 0.717) is 9.26 Å². The Kier molecular flexibility index (Phi) is 7.59. The van der Waals surface area contributed by atoms with Gasteiger partial charge in [0.05, 0.1) is 23.8 Å². The fourth-order valence-corrected chi connectivity index (χ4v) is 2.19. The molecule has 0 unspecified atom stereocenters. The summed E-state index contributed by atoms with van der Waals surface area (Å²) in [6, 6.07) is 4.07. The van der Waals surface area contributed by atoms with Gasteiger partial charge in [-0.05, 0) is 42.5 Å². The van der Waals surface area contributed by atoms with Gasteiger partial charge in [-0.1, -0.05) is 0 Å². The number of nitrogens with zero attached hydrogens (tertiary/aromatic N) is 2. The first-order valence-electron chi connectivity index (χ1n) is 6.72. The summed E-state index contributed by atoms with van der Waals surface area (Å²) in [5, 5.41) is 10.7. The van der Waals surface area contributed by atoms with Crippen molar-refractivity contribution in [3.8, 4) is 0 Å². The first kappa shape index (κ1) is 19.0. The van der Waals surface area contributed by atoms with Gasteiger partial charge in [0.1, 0.15) is 0 Å². The number of halogens is 1. The summed E-state index contributed by atoms with van der Waals surface area (Å²) in [7, 11) is 0. The molecule has 0 N–H and O–H groups in total. The number of carbonyl (C=O) groups is 2. The quantitative estimate of drug-likeness (QED) is 0.163. The lowest BCUT2D eigenvalue weighted by Crippen LogP contribution is -2.29. The lowest BCUT2D eigenvalue weighted by Gasteiger charge is -2.10. The number of nitro benzene ring substituents is 1. The number of hydrogen-bond acceptors (Lipinski definition) is 7. The number of nitro groups is 1. The van der Waals surface area contributed by atoms with Gasteiger partial charge in [0.15, 0.2) is 5.92 Å². The highest BCUT2D eigenvalue weighted by Gasteiger charge is 2.27. The van der Waals surface area contributed by atoms with Crippen LogP contribution in [0.3, 0.4) is 0 Å². The molecule has 0 radical (unpaired) electrons. The summed E-state index contributed by atoms with van der Waals surface area (Å²) < 4.78 is 10.2. The van der Waals surface area contributed by atoms with Crippen molar-refractivity contribution in [1.82, 2.24) is 0 Å². The molecule has 0 spiro atoms. The van der Waals surface area contributed by atoms with Gasteiger partial charge in [-0.15, -0.1) is 0 Å². The molecule has 23 heavy (non-hydrogen) atoms. The number of hydrogen-bond donors (Lipinski definition) is 0. The Morgan fingerprint density at radius 3 is 2.30 bits per heavy atom. The highest BCUT2D eigenvalue weighted by atomic mass is 127. The summed E-state index contributed by atoms with van der Waals surface area (Å²) in [5.41, 5.74) is 0.329. The van der Waals surface area contributed by atoms with E-state index in [1.54, 1.807) is 13.8 Å². The lowest BCUT2D eigenvalue weighted by atomic mass is 10.1. The maximum atomic E-state index is 11.8. The summed E-state index contributed by atoms with van der Waals surface area (Å²) in [6.07, 6.45) is 1.12. The van der Waals surface area contributed by atoms with E-state index in [0.717, 1.165) is 6.21 Å². The smallest absolute Gasteiger partial charge is 0.325 e. The number of rotatable bonds is 7. The Balaban J connectivity index is 3.02.